The fourth-order valence-corrected chi connectivity index (χ4v) is 6.32. The molecule has 3 aliphatic rings. The van der Waals surface area contributed by atoms with Crippen LogP contribution in [0.25, 0.3) is 0 Å². The number of ether oxygens (including phenoxy) is 1. The van der Waals surface area contributed by atoms with Crippen LogP contribution < -0.4 is 10.6 Å². The monoisotopic (exact) mass is 409 g/mol. The van der Waals surface area contributed by atoms with Gasteiger partial charge in [-0.15, -0.1) is 0 Å². The van der Waals surface area contributed by atoms with Crippen molar-refractivity contribution in [1.29, 1.82) is 0 Å². The van der Waals surface area contributed by atoms with E-state index in [0.29, 0.717) is 23.9 Å². The first-order chi connectivity index (χ1) is 13.3. The van der Waals surface area contributed by atoms with Crippen molar-refractivity contribution in [3.63, 3.8) is 0 Å². The van der Waals surface area contributed by atoms with Crippen molar-refractivity contribution in [2.24, 2.45) is 17.8 Å². The highest BCUT2D eigenvalue weighted by molar-refractivity contribution is 7.99. The molecule has 5 nitrogen and oxygen atoms in total. The lowest BCUT2D eigenvalue weighted by atomic mass is 10.0. The second kappa shape index (κ2) is 9.75. The first-order valence-corrected chi connectivity index (χ1v) is 12.2. The Morgan fingerprint density at radius 3 is 2.64 bits per heavy atom. The van der Waals surface area contributed by atoms with E-state index in [1.54, 1.807) is 0 Å². The van der Waals surface area contributed by atoms with Gasteiger partial charge in [0.15, 0.2) is 0 Å². The van der Waals surface area contributed by atoms with Gasteiger partial charge in [0, 0.05) is 30.9 Å². The largest absolute Gasteiger partial charge is 0.444 e. The number of thioether (sulfide) groups is 1. The standard InChI is InChI=1S/C22H39N3O2S/c1-5-23-20(11-19-7-6-8-24-19)15-28-14-16-9-17-12-25(13-18(17)10-16)21(26)27-22(2,3)4/h5,16-20,23-24H,1,6-15H2,2-4H3. The van der Waals surface area contributed by atoms with Gasteiger partial charge in [-0.05, 0) is 89.1 Å². The molecule has 3 rings (SSSR count). The van der Waals surface area contributed by atoms with Crippen molar-refractivity contribution in [3.05, 3.63) is 12.8 Å². The van der Waals surface area contributed by atoms with Gasteiger partial charge in [0.05, 0.1) is 0 Å². The Kier molecular flexibility index (Phi) is 7.60. The number of fused-ring (bicyclic) bond motifs is 1. The maximum atomic E-state index is 12.3. The van der Waals surface area contributed by atoms with E-state index in [9.17, 15) is 4.79 Å². The Morgan fingerprint density at radius 1 is 1.36 bits per heavy atom. The molecule has 0 aromatic heterocycles. The van der Waals surface area contributed by atoms with Crippen LogP contribution in [0.3, 0.4) is 0 Å². The third-order valence-corrected chi connectivity index (χ3v) is 7.60. The van der Waals surface area contributed by atoms with Crippen molar-refractivity contribution in [2.45, 2.75) is 70.6 Å². The summed E-state index contributed by atoms with van der Waals surface area (Å²) in [6.45, 7) is 12.6. The van der Waals surface area contributed by atoms with Crippen LogP contribution in [0.4, 0.5) is 4.79 Å². The number of hydrogen-bond acceptors (Lipinski definition) is 5. The number of carbonyl (C=O) groups is 1. The van der Waals surface area contributed by atoms with Crippen LogP contribution in [0.15, 0.2) is 12.8 Å². The minimum Gasteiger partial charge on any atom is -0.444 e. The molecule has 6 heteroatoms. The molecule has 160 valence electrons. The summed E-state index contributed by atoms with van der Waals surface area (Å²) in [5.74, 6) is 4.54. The van der Waals surface area contributed by atoms with E-state index in [1.807, 2.05) is 31.9 Å². The molecule has 2 aliphatic heterocycles. The van der Waals surface area contributed by atoms with E-state index in [4.69, 9.17) is 4.74 Å². The van der Waals surface area contributed by atoms with Crippen LogP contribution in [0, 0.1) is 17.8 Å². The van der Waals surface area contributed by atoms with Gasteiger partial charge in [0.2, 0.25) is 0 Å². The molecule has 2 saturated heterocycles. The van der Waals surface area contributed by atoms with Crippen molar-refractivity contribution in [2.75, 3.05) is 31.1 Å². The van der Waals surface area contributed by atoms with Gasteiger partial charge in [-0.1, -0.05) is 6.58 Å². The van der Waals surface area contributed by atoms with Crippen LogP contribution in [0.5, 0.6) is 0 Å². The van der Waals surface area contributed by atoms with Crippen LogP contribution in [-0.2, 0) is 4.74 Å². The molecule has 0 aromatic rings. The van der Waals surface area contributed by atoms with E-state index in [0.717, 1.165) is 24.8 Å². The second-order valence-electron chi connectivity index (χ2n) is 9.88. The van der Waals surface area contributed by atoms with Crippen LogP contribution in [0.2, 0.25) is 0 Å². The highest BCUT2D eigenvalue weighted by Gasteiger charge is 2.43. The summed E-state index contributed by atoms with van der Waals surface area (Å²) in [5.41, 5.74) is -0.405. The summed E-state index contributed by atoms with van der Waals surface area (Å²) in [5, 5.41) is 7.06. The molecule has 0 aromatic carbocycles. The third-order valence-electron chi connectivity index (χ3n) is 6.26. The number of likely N-dealkylation sites (tertiary alicyclic amines) is 1. The zero-order valence-corrected chi connectivity index (χ0v) is 18.7. The molecular weight excluding hydrogens is 370 g/mol. The van der Waals surface area contributed by atoms with E-state index in [2.05, 4.69) is 29.0 Å². The first-order valence-electron chi connectivity index (χ1n) is 11.0. The SMILES string of the molecule is C=CNC(CSCC1CC2CN(C(=O)OC(C)(C)C)CC2C1)CC1CCCN1. The summed E-state index contributed by atoms with van der Waals surface area (Å²) >= 11 is 2.09. The molecule has 4 unspecified atom stereocenters. The minimum atomic E-state index is -0.405. The van der Waals surface area contributed by atoms with Gasteiger partial charge >= 0.3 is 6.09 Å². The summed E-state index contributed by atoms with van der Waals surface area (Å²) < 4.78 is 5.55. The predicted octanol–water partition coefficient (Wildman–Crippen LogP) is 3.86. The van der Waals surface area contributed by atoms with E-state index in [-0.39, 0.29) is 6.09 Å². The Morgan fingerprint density at radius 2 is 2.07 bits per heavy atom. The summed E-state index contributed by atoms with van der Waals surface area (Å²) in [4.78, 5) is 14.2. The topological polar surface area (TPSA) is 53.6 Å². The highest BCUT2D eigenvalue weighted by Crippen LogP contribution is 2.43. The number of hydrogen-bond donors (Lipinski definition) is 2. The molecule has 1 aliphatic carbocycles. The fourth-order valence-electron chi connectivity index (χ4n) is 5.07. The lowest BCUT2D eigenvalue weighted by molar-refractivity contribution is 0.0278. The molecule has 2 N–H and O–H groups in total. The van der Waals surface area contributed by atoms with Crippen molar-refractivity contribution in [1.82, 2.24) is 15.5 Å². The van der Waals surface area contributed by atoms with Crippen molar-refractivity contribution < 1.29 is 9.53 Å². The minimum absolute atomic E-state index is 0.133. The quantitative estimate of drug-likeness (QED) is 0.638. The number of carbonyl (C=O) groups excluding carboxylic acids is 1. The summed E-state index contributed by atoms with van der Waals surface area (Å²) in [6, 6.07) is 1.18. The normalized spacial score (nSPS) is 30.9. The zero-order valence-electron chi connectivity index (χ0n) is 17.9. The third kappa shape index (κ3) is 6.31. The lowest BCUT2D eigenvalue weighted by Gasteiger charge is -2.25. The number of nitrogens with one attached hydrogen (secondary N) is 2. The molecule has 0 spiro atoms. The van der Waals surface area contributed by atoms with Gasteiger partial charge in [0.25, 0.3) is 0 Å². The van der Waals surface area contributed by atoms with Gasteiger partial charge in [-0.3, -0.25) is 0 Å². The first kappa shape index (κ1) is 21.8. The maximum Gasteiger partial charge on any atom is 0.410 e. The summed E-state index contributed by atoms with van der Waals surface area (Å²) in [6.07, 6.45) is 8.06. The molecule has 1 amide bonds. The van der Waals surface area contributed by atoms with E-state index >= 15 is 0 Å². The highest BCUT2D eigenvalue weighted by atomic mass is 32.2. The Bertz CT molecular complexity index is 516. The number of amides is 1. The van der Waals surface area contributed by atoms with Crippen LogP contribution >= 0.6 is 11.8 Å². The molecule has 28 heavy (non-hydrogen) atoms. The fraction of sp³-hybridized carbons (Fsp3) is 0.864. The van der Waals surface area contributed by atoms with Gasteiger partial charge in [0.1, 0.15) is 5.60 Å². The van der Waals surface area contributed by atoms with Crippen molar-refractivity contribution in [3.8, 4) is 0 Å². The van der Waals surface area contributed by atoms with E-state index in [1.165, 1.54) is 44.4 Å². The average Bonchev–Trinajstić information content (AvgIpc) is 3.29. The Hall–Kier alpha value is -0.880. The average molecular weight is 410 g/mol. The number of nitrogens with zero attached hydrogens (tertiary/aromatic N) is 1. The Balaban J connectivity index is 1.35. The second-order valence-corrected chi connectivity index (χ2v) is 11.0. The van der Waals surface area contributed by atoms with Crippen molar-refractivity contribution >= 4 is 17.9 Å². The molecule has 3 fully saturated rings. The van der Waals surface area contributed by atoms with Crippen LogP contribution in [-0.4, -0.2) is 59.8 Å². The number of rotatable bonds is 8. The van der Waals surface area contributed by atoms with Gasteiger partial charge < -0.3 is 20.3 Å². The molecule has 0 radical (unpaired) electrons. The molecular formula is C22H39N3O2S. The molecule has 2 heterocycles. The summed E-state index contributed by atoms with van der Waals surface area (Å²) in [7, 11) is 0. The molecule has 0 bridgehead atoms. The molecule has 4 atom stereocenters. The molecule has 1 saturated carbocycles. The maximum absolute atomic E-state index is 12.3. The van der Waals surface area contributed by atoms with E-state index < -0.39 is 5.60 Å². The van der Waals surface area contributed by atoms with Gasteiger partial charge in [-0.2, -0.15) is 11.8 Å². The zero-order chi connectivity index (χ0) is 20.1. The smallest absolute Gasteiger partial charge is 0.410 e. The van der Waals surface area contributed by atoms with Gasteiger partial charge in [-0.25, -0.2) is 4.79 Å². The lowest BCUT2D eigenvalue weighted by Crippen LogP contribution is -2.36. The predicted molar refractivity (Wildman–Crippen MR) is 118 cm³/mol. The Labute approximate surface area is 175 Å². The van der Waals surface area contributed by atoms with Crippen LogP contribution in [0.1, 0.15) is 52.9 Å².